The highest BCUT2D eigenvalue weighted by Crippen LogP contribution is 2.48. The predicted octanol–water partition coefficient (Wildman–Crippen LogP) is 3.69. The van der Waals surface area contributed by atoms with E-state index in [0.29, 0.717) is 47.7 Å². The zero-order valence-electron chi connectivity index (χ0n) is 22.6. The van der Waals surface area contributed by atoms with E-state index in [1.165, 1.54) is 18.2 Å². The summed E-state index contributed by atoms with van der Waals surface area (Å²) in [5.74, 6) is 0.116. The molecule has 210 valence electrons. The monoisotopic (exact) mass is 566 g/mol. The van der Waals surface area contributed by atoms with Crippen LogP contribution in [-0.2, 0) is 4.79 Å². The van der Waals surface area contributed by atoms with Crippen molar-refractivity contribution in [3.8, 4) is 16.9 Å². The fraction of sp³-hybridized carbons (Fsp3) is 0.414. The van der Waals surface area contributed by atoms with Gasteiger partial charge in [0.15, 0.2) is 5.75 Å². The molecule has 4 heterocycles. The van der Waals surface area contributed by atoms with E-state index in [0.717, 1.165) is 19.5 Å². The van der Waals surface area contributed by atoms with Crippen LogP contribution in [0.3, 0.4) is 0 Å². The molecule has 0 bridgehead atoms. The number of hydrogen-bond donors (Lipinski definition) is 1. The van der Waals surface area contributed by atoms with Crippen LogP contribution in [0.15, 0.2) is 41.7 Å². The second kappa shape index (κ2) is 10.1. The van der Waals surface area contributed by atoms with E-state index in [2.05, 4.69) is 16.5 Å². The first kappa shape index (κ1) is 26.6. The van der Waals surface area contributed by atoms with Gasteiger partial charge in [0.1, 0.15) is 18.2 Å². The van der Waals surface area contributed by atoms with Crippen molar-refractivity contribution in [2.75, 3.05) is 50.0 Å². The normalized spacial score (nSPS) is 22.6. The third-order valence-electron chi connectivity index (χ3n) is 8.31. The molecule has 3 aliphatic heterocycles. The summed E-state index contributed by atoms with van der Waals surface area (Å²) in [6, 6.07) is 5.65. The highest BCUT2D eigenvalue weighted by Gasteiger charge is 2.37. The molecule has 3 aromatic rings. The summed E-state index contributed by atoms with van der Waals surface area (Å²) in [7, 11) is 0. The van der Waals surface area contributed by atoms with Gasteiger partial charge in [0.2, 0.25) is 5.91 Å². The number of rotatable bonds is 5. The summed E-state index contributed by atoms with van der Waals surface area (Å²) in [6.45, 7) is 11.3. The van der Waals surface area contributed by atoms with Crippen LogP contribution in [0.1, 0.15) is 26.3 Å². The molecule has 1 amide bonds. The molecule has 1 unspecified atom stereocenters. The molecular weight excluding hydrogens is 535 g/mol. The zero-order valence-corrected chi connectivity index (χ0v) is 23.3. The predicted molar refractivity (Wildman–Crippen MR) is 155 cm³/mol. The molecule has 3 aliphatic rings. The minimum absolute atomic E-state index is 0.138. The number of ether oxygens (including phenoxy) is 1. The van der Waals surface area contributed by atoms with Gasteiger partial charge < -0.3 is 25.2 Å². The molecule has 2 fully saturated rings. The average Bonchev–Trinajstić information content (AvgIpc) is 2.90. The number of amides is 1. The van der Waals surface area contributed by atoms with E-state index in [9.17, 15) is 9.59 Å². The van der Waals surface area contributed by atoms with Crippen molar-refractivity contribution in [3.05, 3.63) is 58.2 Å². The first-order valence-corrected chi connectivity index (χ1v) is 13.9. The number of likely N-dealkylation sites (tertiary alicyclic amines) is 1. The van der Waals surface area contributed by atoms with Crippen molar-refractivity contribution in [1.29, 1.82) is 0 Å². The van der Waals surface area contributed by atoms with Crippen molar-refractivity contribution >= 4 is 39.9 Å². The fourth-order valence-corrected chi connectivity index (χ4v) is 6.45. The van der Waals surface area contributed by atoms with Gasteiger partial charge in [-0.25, -0.2) is 9.18 Å². The van der Waals surface area contributed by atoms with Gasteiger partial charge in [-0.1, -0.05) is 24.2 Å². The smallest absolute Gasteiger partial charge is 0.350 e. The van der Waals surface area contributed by atoms with Crippen molar-refractivity contribution in [2.24, 2.45) is 0 Å². The summed E-state index contributed by atoms with van der Waals surface area (Å²) in [5.41, 5.74) is 7.04. The molecule has 2 N–H and O–H groups in total. The topological polar surface area (TPSA) is 96.9 Å². The lowest BCUT2D eigenvalue weighted by Crippen LogP contribution is -2.58. The molecule has 2 aromatic carbocycles. The Morgan fingerprint density at radius 1 is 1.25 bits per heavy atom. The van der Waals surface area contributed by atoms with Gasteiger partial charge in [-0.15, -0.1) is 0 Å². The first-order valence-electron chi connectivity index (χ1n) is 13.6. The van der Waals surface area contributed by atoms with Crippen LogP contribution < -0.4 is 21.1 Å². The van der Waals surface area contributed by atoms with Gasteiger partial charge in [-0.3, -0.25) is 9.36 Å². The summed E-state index contributed by atoms with van der Waals surface area (Å²) in [5, 5.41) is 0.879. The number of halogens is 2. The maximum absolute atomic E-state index is 15.2. The Morgan fingerprint density at radius 3 is 2.70 bits per heavy atom. The second-order valence-corrected chi connectivity index (χ2v) is 11.3. The number of nitrogen functional groups attached to an aromatic ring is 1. The van der Waals surface area contributed by atoms with Crippen molar-refractivity contribution in [3.63, 3.8) is 0 Å². The maximum atomic E-state index is 15.2. The van der Waals surface area contributed by atoms with Crippen molar-refractivity contribution in [1.82, 2.24) is 19.4 Å². The zero-order chi connectivity index (χ0) is 28.3. The lowest BCUT2D eigenvalue weighted by Gasteiger charge is -2.45. The quantitative estimate of drug-likeness (QED) is 0.372. The molecule has 0 aliphatic carbocycles. The summed E-state index contributed by atoms with van der Waals surface area (Å²) < 4.78 is 23.2. The molecule has 1 aromatic heterocycles. The lowest BCUT2D eigenvalue weighted by molar-refractivity contribution is -0.128. The number of piperazine rings is 1. The van der Waals surface area contributed by atoms with Crippen molar-refractivity contribution < 1.29 is 13.9 Å². The number of aromatic nitrogens is 2. The molecule has 2 saturated heterocycles. The molecule has 3 atom stereocenters. The van der Waals surface area contributed by atoms with Gasteiger partial charge in [0.25, 0.3) is 0 Å². The van der Waals surface area contributed by atoms with Crippen LogP contribution >= 0.6 is 11.6 Å². The number of carbonyl (C=O) groups excluding carboxylic acids is 1. The molecule has 0 saturated carbocycles. The largest absolute Gasteiger partial charge is 0.488 e. The Kier molecular flexibility index (Phi) is 6.70. The second-order valence-electron chi connectivity index (χ2n) is 10.9. The van der Waals surface area contributed by atoms with Gasteiger partial charge in [-0.2, -0.15) is 4.98 Å². The van der Waals surface area contributed by atoms with Gasteiger partial charge >= 0.3 is 5.69 Å². The maximum Gasteiger partial charge on any atom is 0.350 e. The Morgan fingerprint density at radius 2 is 2.02 bits per heavy atom. The van der Waals surface area contributed by atoms with Gasteiger partial charge in [-0.05, 0) is 57.6 Å². The molecule has 40 heavy (non-hydrogen) atoms. The minimum Gasteiger partial charge on any atom is -0.488 e. The number of benzene rings is 2. The van der Waals surface area contributed by atoms with E-state index >= 15 is 4.39 Å². The van der Waals surface area contributed by atoms with E-state index < -0.39 is 11.5 Å². The first-order chi connectivity index (χ1) is 19.2. The third-order valence-corrected chi connectivity index (χ3v) is 8.61. The van der Waals surface area contributed by atoms with E-state index in [1.54, 1.807) is 21.6 Å². The minimum atomic E-state index is -0.530. The van der Waals surface area contributed by atoms with Crippen LogP contribution in [0.25, 0.3) is 22.0 Å². The van der Waals surface area contributed by atoms with Crippen LogP contribution in [0.2, 0.25) is 5.02 Å². The number of nitrogens with two attached hydrogens (primary N) is 1. The number of nitrogens with zero attached hydrogens (tertiary/aromatic N) is 5. The molecule has 0 radical (unpaired) electrons. The highest BCUT2D eigenvalue weighted by atomic mass is 35.5. The third kappa shape index (κ3) is 4.21. The number of anilines is 2. The molecular formula is C29H32ClFN6O3. The summed E-state index contributed by atoms with van der Waals surface area (Å²) in [6.07, 6.45) is 2.44. The van der Waals surface area contributed by atoms with Gasteiger partial charge in [0.05, 0.1) is 16.6 Å². The van der Waals surface area contributed by atoms with Gasteiger partial charge in [0, 0.05) is 53.9 Å². The Hall–Kier alpha value is -3.63. The van der Waals surface area contributed by atoms with Crippen LogP contribution in [0.5, 0.6) is 5.75 Å². The SMILES string of the molecule is C=CC(=O)N1C[C@H](C)N(c2nc(=O)n3c4c(c(-c5c(N)cccc5F)c(Cl)cc24)OCC3CN2CCC2)C[C@H]1C. The molecule has 9 nitrogen and oxygen atoms in total. The molecule has 11 heteroatoms. The van der Waals surface area contributed by atoms with E-state index in [-0.39, 0.29) is 46.9 Å². The lowest BCUT2D eigenvalue weighted by atomic mass is 9.97. The van der Waals surface area contributed by atoms with E-state index in [1.807, 2.05) is 18.7 Å². The number of hydrogen-bond acceptors (Lipinski definition) is 7. The average molecular weight is 567 g/mol. The van der Waals surface area contributed by atoms with Crippen LogP contribution in [-0.4, -0.2) is 76.7 Å². The molecule has 0 spiro atoms. The Balaban J connectivity index is 1.58. The Bertz CT molecular complexity index is 1570. The Labute approximate surface area is 236 Å². The van der Waals surface area contributed by atoms with Crippen LogP contribution in [0, 0.1) is 5.82 Å². The molecule has 6 rings (SSSR count). The van der Waals surface area contributed by atoms with Crippen LogP contribution in [0.4, 0.5) is 15.9 Å². The summed E-state index contributed by atoms with van der Waals surface area (Å²) >= 11 is 6.89. The van der Waals surface area contributed by atoms with Crippen molar-refractivity contribution in [2.45, 2.75) is 38.4 Å². The number of carbonyl (C=O) groups is 1. The highest BCUT2D eigenvalue weighted by molar-refractivity contribution is 6.35. The van der Waals surface area contributed by atoms with E-state index in [4.69, 9.17) is 22.1 Å². The fourth-order valence-electron chi connectivity index (χ4n) is 6.16. The summed E-state index contributed by atoms with van der Waals surface area (Å²) in [4.78, 5) is 36.9. The standard InChI is InChI=1S/C29H32ClFN6O3/c1-4-23(38)35-12-17(3)36(13-16(35)2)28-19-11-20(30)24(25-21(31)7-5-8-22(25)32)27-26(19)37(29(39)33-28)18(15-40-27)14-34-9-6-10-34/h4-5,7-8,11,16-18H,1,6,9-10,12-15,32H2,2-3H3/t16-,17+,18?/m1/s1.